The molecule has 1 saturated carbocycles. The molecule has 3 amide bonds. The lowest BCUT2D eigenvalue weighted by atomic mass is 10.1. The van der Waals surface area contributed by atoms with Gasteiger partial charge in [0.15, 0.2) is 0 Å². The summed E-state index contributed by atoms with van der Waals surface area (Å²) in [7, 11) is 0. The molecule has 162 valence electrons. The van der Waals surface area contributed by atoms with Gasteiger partial charge in [0.2, 0.25) is 5.91 Å². The zero-order valence-corrected chi connectivity index (χ0v) is 17.3. The van der Waals surface area contributed by atoms with E-state index in [1.807, 2.05) is 6.07 Å². The van der Waals surface area contributed by atoms with Gasteiger partial charge in [0, 0.05) is 22.9 Å². The van der Waals surface area contributed by atoms with E-state index < -0.39 is 5.91 Å². The van der Waals surface area contributed by atoms with E-state index in [9.17, 15) is 14.4 Å². The molecular weight excluding hydrogens is 406 g/mol. The van der Waals surface area contributed by atoms with Gasteiger partial charge in [-0.05, 0) is 66.9 Å². The summed E-state index contributed by atoms with van der Waals surface area (Å²) in [4.78, 5) is 36.0. The van der Waals surface area contributed by atoms with E-state index in [-0.39, 0.29) is 24.3 Å². The highest BCUT2D eigenvalue weighted by Gasteiger charge is 2.29. The van der Waals surface area contributed by atoms with Gasteiger partial charge in [0.25, 0.3) is 11.8 Å². The Morgan fingerprint density at radius 2 is 1.56 bits per heavy atom. The van der Waals surface area contributed by atoms with Crippen LogP contribution in [0.5, 0.6) is 5.75 Å². The minimum Gasteiger partial charge on any atom is -0.488 e. The average Bonchev–Trinajstić information content (AvgIpc) is 3.65. The molecule has 0 bridgehead atoms. The first-order chi connectivity index (χ1) is 15.5. The summed E-state index contributed by atoms with van der Waals surface area (Å²) in [6.07, 6.45) is 1.89. The molecule has 0 radical (unpaired) electrons. The van der Waals surface area contributed by atoms with Gasteiger partial charge in [-0.1, -0.05) is 24.3 Å². The molecule has 0 heterocycles. The van der Waals surface area contributed by atoms with Crippen LogP contribution in [0.1, 0.15) is 39.1 Å². The maximum atomic E-state index is 12.7. The molecule has 1 fully saturated rings. The van der Waals surface area contributed by atoms with Crippen molar-refractivity contribution in [3.8, 4) is 5.75 Å². The van der Waals surface area contributed by atoms with Crippen molar-refractivity contribution in [2.45, 2.75) is 19.4 Å². The molecule has 0 aliphatic heterocycles. The number of para-hydroxylation sites is 1. The third-order valence-electron chi connectivity index (χ3n) is 5.09. The third-order valence-corrected chi connectivity index (χ3v) is 5.09. The monoisotopic (exact) mass is 429 g/mol. The lowest BCUT2D eigenvalue weighted by Crippen LogP contribution is -2.14. The molecule has 0 aromatic heterocycles. The van der Waals surface area contributed by atoms with Crippen LogP contribution >= 0.6 is 0 Å². The molecule has 0 spiro atoms. The van der Waals surface area contributed by atoms with E-state index in [0.717, 1.165) is 18.4 Å². The molecule has 4 rings (SSSR count). The molecule has 7 nitrogen and oxygen atoms in total. The van der Waals surface area contributed by atoms with Crippen LogP contribution in [-0.2, 0) is 11.4 Å². The first-order valence-corrected chi connectivity index (χ1v) is 10.3. The zero-order chi connectivity index (χ0) is 22.5. The number of nitrogens with one attached hydrogen (secondary N) is 2. The molecule has 0 atom stereocenters. The average molecular weight is 429 g/mol. The van der Waals surface area contributed by atoms with Crippen LogP contribution in [0, 0.1) is 5.92 Å². The summed E-state index contributed by atoms with van der Waals surface area (Å²) in [6, 6.07) is 20.8. The topological polar surface area (TPSA) is 111 Å². The summed E-state index contributed by atoms with van der Waals surface area (Å²) >= 11 is 0. The number of anilines is 2. The first-order valence-electron chi connectivity index (χ1n) is 10.3. The number of primary amides is 1. The lowest BCUT2D eigenvalue weighted by Gasteiger charge is -2.11. The van der Waals surface area contributed by atoms with Crippen LogP contribution in [0.25, 0.3) is 0 Å². The summed E-state index contributed by atoms with van der Waals surface area (Å²) in [5.41, 5.74) is 8.25. The van der Waals surface area contributed by atoms with Crippen LogP contribution in [0.15, 0.2) is 72.8 Å². The SMILES string of the molecule is NC(=O)c1ccccc1OCc1cccc(C(=O)Nc2ccc(NC(=O)C3CC3)cc2)c1. The Labute approximate surface area is 185 Å². The molecule has 4 N–H and O–H groups in total. The molecular formula is C25H23N3O4. The minimum atomic E-state index is -0.563. The predicted octanol–water partition coefficient (Wildman–Crippen LogP) is 3.97. The maximum absolute atomic E-state index is 12.7. The number of nitrogens with two attached hydrogens (primary N) is 1. The number of hydrogen-bond acceptors (Lipinski definition) is 4. The van der Waals surface area contributed by atoms with Crippen molar-refractivity contribution in [2.24, 2.45) is 11.7 Å². The van der Waals surface area contributed by atoms with Gasteiger partial charge in [-0.2, -0.15) is 0 Å². The predicted molar refractivity (Wildman–Crippen MR) is 121 cm³/mol. The summed E-state index contributed by atoms with van der Waals surface area (Å²) in [5.74, 6) is -0.260. The van der Waals surface area contributed by atoms with Gasteiger partial charge >= 0.3 is 0 Å². The zero-order valence-electron chi connectivity index (χ0n) is 17.3. The Kier molecular flexibility index (Phi) is 6.17. The Morgan fingerprint density at radius 3 is 2.25 bits per heavy atom. The van der Waals surface area contributed by atoms with Gasteiger partial charge in [0.05, 0.1) is 5.56 Å². The van der Waals surface area contributed by atoms with Crippen LogP contribution < -0.4 is 21.1 Å². The van der Waals surface area contributed by atoms with Gasteiger partial charge < -0.3 is 21.1 Å². The smallest absolute Gasteiger partial charge is 0.255 e. The summed E-state index contributed by atoms with van der Waals surface area (Å²) in [6.45, 7) is 0.181. The van der Waals surface area contributed by atoms with E-state index in [1.165, 1.54) is 0 Å². The Hall–Kier alpha value is -4.13. The summed E-state index contributed by atoms with van der Waals surface area (Å²) < 4.78 is 5.74. The van der Waals surface area contributed by atoms with E-state index in [4.69, 9.17) is 10.5 Å². The number of rotatable bonds is 8. The molecule has 3 aromatic rings. The number of hydrogen-bond donors (Lipinski definition) is 3. The van der Waals surface area contributed by atoms with Crippen molar-refractivity contribution in [2.75, 3.05) is 10.6 Å². The maximum Gasteiger partial charge on any atom is 0.255 e. The highest BCUT2D eigenvalue weighted by atomic mass is 16.5. The lowest BCUT2D eigenvalue weighted by molar-refractivity contribution is -0.117. The fourth-order valence-corrected chi connectivity index (χ4v) is 3.19. The number of ether oxygens (including phenoxy) is 1. The van der Waals surface area contributed by atoms with Crippen LogP contribution in [-0.4, -0.2) is 17.7 Å². The fourth-order valence-electron chi connectivity index (χ4n) is 3.19. The molecule has 0 saturated heterocycles. The van der Waals surface area contributed by atoms with E-state index in [1.54, 1.807) is 66.7 Å². The van der Waals surface area contributed by atoms with E-state index in [2.05, 4.69) is 10.6 Å². The van der Waals surface area contributed by atoms with Gasteiger partial charge in [-0.25, -0.2) is 0 Å². The van der Waals surface area contributed by atoms with Crippen LogP contribution in [0.3, 0.4) is 0 Å². The Morgan fingerprint density at radius 1 is 0.875 bits per heavy atom. The second kappa shape index (κ2) is 9.34. The second-order valence-corrected chi connectivity index (χ2v) is 7.64. The number of benzene rings is 3. The van der Waals surface area contributed by atoms with E-state index in [0.29, 0.717) is 28.3 Å². The number of amides is 3. The third kappa shape index (κ3) is 5.31. The highest BCUT2D eigenvalue weighted by Crippen LogP contribution is 2.30. The van der Waals surface area contributed by atoms with Gasteiger partial charge in [0.1, 0.15) is 12.4 Å². The fraction of sp³-hybridized carbons (Fsp3) is 0.160. The molecule has 3 aromatic carbocycles. The number of carbonyl (C=O) groups is 3. The quantitative estimate of drug-likeness (QED) is 0.503. The first kappa shape index (κ1) is 21.1. The second-order valence-electron chi connectivity index (χ2n) is 7.64. The van der Waals surface area contributed by atoms with Crippen LogP contribution in [0.2, 0.25) is 0 Å². The molecule has 1 aliphatic rings. The Balaban J connectivity index is 1.37. The highest BCUT2D eigenvalue weighted by molar-refractivity contribution is 6.04. The molecule has 7 heteroatoms. The Bertz CT molecular complexity index is 1150. The van der Waals surface area contributed by atoms with Gasteiger partial charge in [-0.3, -0.25) is 14.4 Å². The van der Waals surface area contributed by atoms with Crippen molar-refractivity contribution in [3.63, 3.8) is 0 Å². The molecule has 0 unspecified atom stereocenters. The van der Waals surface area contributed by atoms with Crippen molar-refractivity contribution in [1.29, 1.82) is 0 Å². The normalized spacial score (nSPS) is 12.6. The van der Waals surface area contributed by atoms with Crippen molar-refractivity contribution >= 4 is 29.1 Å². The molecule has 1 aliphatic carbocycles. The standard InChI is InChI=1S/C25H23N3O4/c26-23(29)21-6-1-2-7-22(21)32-15-16-4-3-5-18(14-16)25(31)28-20-12-10-19(11-13-20)27-24(30)17-8-9-17/h1-7,10-14,17H,8-9,15H2,(H2,26,29)(H,27,30)(H,28,31). The largest absolute Gasteiger partial charge is 0.488 e. The van der Waals surface area contributed by atoms with Gasteiger partial charge in [-0.15, -0.1) is 0 Å². The minimum absolute atomic E-state index is 0.0410. The van der Waals surface area contributed by atoms with Crippen molar-refractivity contribution < 1.29 is 19.1 Å². The van der Waals surface area contributed by atoms with Crippen molar-refractivity contribution in [1.82, 2.24) is 0 Å². The van der Waals surface area contributed by atoms with Crippen molar-refractivity contribution in [3.05, 3.63) is 89.5 Å². The van der Waals surface area contributed by atoms with Crippen LogP contribution in [0.4, 0.5) is 11.4 Å². The number of carbonyl (C=O) groups excluding carboxylic acids is 3. The summed E-state index contributed by atoms with van der Waals surface area (Å²) in [5, 5.41) is 5.71. The van der Waals surface area contributed by atoms with E-state index >= 15 is 0 Å². The molecule has 32 heavy (non-hydrogen) atoms.